The first-order chi connectivity index (χ1) is 53.0. The van der Waals surface area contributed by atoms with E-state index in [0.29, 0.717) is 13.4 Å². The van der Waals surface area contributed by atoms with Crippen LogP contribution in [0, 0.1) is 0 Å². The Kier molecular flexibility index (Phi) is 234. The van der Waals surface area contributed by atoms with Crippen LogP contribution in [-0.4, -0.2) is 261 Å². The maximum absolute atomic E-state index is 5.01. The summed E-state index contributed by atoms with van der Waals surface area (Å²) in [7, 11) is 0. The zero-order chi connectivity index (χ0) is 83.2. The van der Waals surface area contributed by atoms with Gasteiger partial charge in [0.2, 0.25) is 0 Å². The first kappa shape index (κ1) is 134. The zero-order valence-corrected chi connectivity index (χ0v) is 76.9. The maximum atomic E-state index is 5.01. The third-order valence-corrected chi connectivity index (χ3v) is 11.5. The van der Waals surface area contributed by atoms with E-state index < -0.39 is 0 Å². The van der Waals surface area contributed by atoms with Crippen LogP contribution in [0.1, 0.15) is 239 Å². The van der Waals surface area contributed by atoms with Crippen LogP contribution in [0.15, 0.2) is 54.8 Å². The van der Waals surface area contributed by atoms with Gasteiger partial charge in [0.1, 0.15) is 33.0 Å². The lowest BCUT2D eigenvalue weighted by Crippen LogP contribution is -2.30. The van der Waals surface area contributed by atoms with Crippen LogP contribution in [0.5, 0.6) is 0 Å². The molecule has 0 amide bonds. The highest BCUT2D eigenvalue weighted by Gasteiger charge is 1.97. The average Bonchev–Trinajstić information content (AvgIpc) is 4.77. The Morgan fingerprint density at radius 3 is 0.953 bits per heavy atom. The van der Waals surface area contributed by atoms with Crippen molar-refractivity contribution in [3.63, 3.8) is 0 Å². The van der Waals surface area contributed by atoms with E-state index >= 15 is 0 Å². The van der Waals surface area contributed by atoms with Crippen molar-refractivity contribution in [1.29, 1.82) is 0 Å². The lowest BCUT2D eigenvalue weighted by Gasteiger charge is -2.10. The first-order valence-corrected chi connectivity index (χ1v) is 44.6. The van der Waals surface area contributed by atoms with Gasteiger partial charge in [0, 0.05) is 120 Å². The molecular weight excluding hydrogens is 1430 g/mol. The standard InChI is InChI=1S/C4H8N2.C4H9NO.C4H7NO.C4H7NS.2C4H8O2.C3H6N2O.2C3H6N2.C3H5NOS.2C3H5NO.2C3H5NS.14C2H6/c1-2-5-4-6-3-1;1-3-6-4-2-5-1;2*1-2-5-4-6-3-1;1-2-6-4-3-5-1;1-2-5-4-6-3-1;1-2-6-5-3-4-1;1-2-5-3-4-1;1-2-4-5-3-1;1-2-6-3-4-5-1;1-2-5-3-4-1;1-2-4-5-3-1;1-2-5-3-4-1;1-2-4-5-3-1;14*1-2/h4H,1-3H2,(H,5,6);5H,1-4H2;2*4H,1-3H2;2*1-4H2;3H,1-2H2,(H,4,5);3H,1-2H2,(H,4,5);2,5H,1,3H2;3H,1-2H2;3H,1-2H2;2H,1,3H2;3H,1-2H2;2H,1,3H2;14*1-2H3. The monoisotopic (exact) mass is 1600 g/mol. The number of ether oxygens (including phenoxy) is 7. The highest BCUT2D eigenvalue weighted by Crippen LogP contribution is 2.07. The average molecular weight is 1600 g/mol. The molecule has 0 saturated carbocycles. The summed E-state index contributed by atoms with van der Waals surface area (Å²) < 4.78 is 37.9. The molecule has 642 valence electrons. The number of rotatable bonds is 0. The Bertz CT molecular complexity index is 1220. The summed E-state index contributed by atoms with van der Waals surface area (Å²) in [5.41, 5.74) is 10.8. The van der Waals surface area contributed by atoms with Crippen LogP contribution in [0.4, 0.5) is 0 Å². The molecule has 0 aliphatic carbocycles. The lowest BCUT2D eigenvalue weighted by molar-refractivity contribution is -0.0963. The number of hydrogen-bond acceptors (Lipinski definition) is 30. The minimum atomic E-state index is 0.500. The molecule has 3 saturated heterocycles. The zero-order valence-electron chi connectivity index (χ0n) is 73.6. The van der Waals surface area contributed by atoms with Gasteiger partial charge in [-0.25, -0.2) is 4.40 Å². The maximum Gasteiger partial charge on any atom is 0.169 e. The molecule has 30 heteroatoms. The molecule has 0 aromatic carbocycles. The Morgan fingerprint density at radius 1 is 0.311 bits per heavy atom. The van der Waals surface area contributed by atoms with E-state index in [0.717, 1.165) is 189 Å². The lowest BCUT2D eigenvalue weighted by atomic mass is 10.4. The molecule has 0 radical (unpaired) electrons. The summed E-state index contributed by atoms with van der Waals surface area (Å²) in [6.45, 7) is 78.8. The molecule has 14 rings (SSSR count). The van der Waals surface area contributed by atoms with E-state index in [4.69, 9.17) is 28.4 Å². The molecule has 3 fully saturated rings. The van der Waals surface area contributed by atoms with Crippen LogP contribution in [0.25, 0.3) is 0 Å². The number of nitrogens with one attached hydrogen (secondary N) is 5. The summed E-state index contributed by atoms with van der Waals surface area (Å²) >= 11 is 6.91. The van der Waals surface area contributed by atoms with E-state index in [9.17, 15) is 0 Å². The largest absolute Gasteiger partial charge is 0.483 e. The van der Waals surface area contributed by atoms with Crippen LogP contribution in [0.3, 0.4) is 0 Å². The number of morpholine rings is 1. The van der Waals surface area contributed by atoms with Crippen molar-refractivity contribution in [2.24, 2.45) is 54.8 Å². The van der Waals surface area contributed by atoms with Crippen LogP contribution in [0.2, 0.25) is 0 Å². The van der Waals surface area contributed by atoms with Gasteiger partial charge in [0.15, 0.2) is 12.8 Å². The number of hydrazone groups is 1. The van der Waals surface area contributed by atoms with Gasteiger partial charge in [0.05, 0.1) is 115 Å². The van der Waals surface area contributed by atoms with Gasteiger partial charge in [-0.2, -0.15) is 5.10 Å². The second-order valence-electron chi connectivity index (χ2n) is 15.2. The Balaban J connectivity index is -0.0000000699. The molecule has 0 aromatic heterocycles. The minimum Gasteiger partial charge on any atom is -0.483 e. The van der Waals surface area contributed by atoms with E-state index in [2.05, 4.69) is 101 Å². The van der Waals surface area contributed by atoms with E-state index in [1.807, 2.05) is 217 Å². The van der Waals surface area contributed by atoms with E-state index in [1.165, 1.54) is 49.3 Å². The number of thioether (sulfide) groups is 3. The van der Waals surface area contributed by atoms with Crippen molar-refractivity contribution >= 4 is 114 Å². The first-order valence-electron chi connectivity index (χ1n) is 40.6. The highest BCUT2D eigenvalue weighted by atomic mass is 32.2. The summed E-state index contributed by atoms with van der Waals surface area (Å²) in [6.07, 6.45) is 21.5. The third kappa shape index (κ3) is 179. The van der Waals surface area contributed by atoms with Crippen LogP contribution < -0.4 is 26.9 Å². The minimum absolute atomic E-state index is 0.500. The predicted molar refractivity (Wildman–Crippen MR) is 488 cm³/mol. The number of hydrogen-bond donors (Lipinski definition) is 5. The number of nitrogens with zero attached hydrogens (tertiary/aromatic N) is 11. The van der Waals surface area contributed by atoms with Gasteiger partial charge in [0.25, 0.3) is 0 Å². The van der Waals surface area contributed by atoms with Gasteiger partial charge in [-0.15, -0.1) is 35.3 Å². The molecule has 0 spiro atoms. The molecule has 106 heavy (non-hydrogen) atoms. The van der Waals surface area contributed by atoms with Crippen LogP contribution in [-0.2, 0) is 47.7 Å². The van der Waals surface area contributed by atoms with Gasteiger partial charge in [-0.3, -0.25) is 45.3 Å². The second-order valence-corrected chi connectivity index (χ2v) is 18.9. The molecule has 14 aliphatic rings. The SMILES string of the molecule is C1=NCCCN1.C1=NCCCO1.C1=NCCCS1.C1=NCCN1.C1=NCCO1.C1=NCCON1.C1=NCCS1.C1=NNCC1.C1=NOCC1.C1=NOCCS1.C1=NSCC1.C1COCCN1.C1COCCO1.C1COCOC1.CC.CC.CC.CC.CC.CC.CC.CC.CC.CC.CC.CC.CC.CC. The number of aliphatic imine (C=N–C) groups is 7. The van der Waals surface area contributed by atoms with E-state index in [1.54, 1.807) is 78.0 Å². The van der Waals surface area contributed by atoms with Crippen molar-refractivity contribution < 1.29 is 47.7 Å². The molecule has 0 bridgehead atoms. The quantitative estimate of drug-likeness (QED) is 0.141. The van der Waals surface area contributed by atoms with Crippen molar-refractivity contribution in [2.45, 2.75) is 239 Å². The highest BCUT2D eigenvalue weighted by molar-refractivity contribution is 8.12. The Morgan fingerprint density at radius 2 is 0.821 bits per heavy atom. The van der Waals surface area contributed by atoms with Crippen LogP contribution >= 0.6 is 47.2 Å². The van der Waals surface area contributed by atoms with Crippen molar-refractivity contribution in [1.82, 2.24) is 26.9 Å². The summed E-state index contributed by atoms with van der Waals surface area (Å²) in [4.78, 5) is 40.9. The normalized spacial score (nSPS) is 16.2. The van der Waals surface area contributed by atoms with E-state index in [-0.39, 0.29) is 0 Å². The number of hydroxylamine groups is 1. The molecule has 0 unspecified atom stereocenters. The Labute approximate surface area is 672 Å². The second kappa shape index (κ2) is 184. The van der Waals surface area contributed by atoms with Gasteiger partial charge in [-0.05, 0) is 37.6 Å². The van der Waals surface area contributed by atoms with Gasteiger partial charge >= 0.3 is 0 Å². The third-order valence-electron chi connectivity index (χ3n) is 8.64. The molecule has 26 nitrogen and oxygen atoms in total. The Hall–Kier alpha value is -4.11. The summed E-state index contributed by atoms with van der Waals surface area (Å²) in [5, 5.41) is 19.8. The van der Waals surface area contributed by atoms with Crippen molar-refractivity contribution in [2.75, 3.05) is 194 Å². The fourth-order valence-corrected chi connectivity index (χ4v) is 6.97. The summed E-state index contributed by atoms with van der Waals surface area (Å²) in [5.74, 6) is 4.70. The molecule has 14 heterocycles. The van der Waals surface area contributed by atoms with Gasteiger partial charge in [-0.1, -0.05) is 204 Å². The number of oxime groups is 2. The smallest absolute Gasteiger partial charge is 0.169 e. The summed E-state index contributed by atoms with van der Waals surface area (Å²) in [6, 6.07) is 0. The molecular formula is C76H174N16O10S4. The predicted octanol–water partition coefficient (Wildman–Crippen LogP) is 18.1. The van der Waals surface area contributed by atoms with Crippen molar-refractivity contribution in [3.05, 3.63) is 0 Å². The topological polar surface area (TPSA) is 288 Å². The van der Waals surface area contributed by atoms with Crippen molar-refractivity contribution in [3.8, 4) is 0 Å². The molecule has 14 aliphatic heterocycles. The molecule has 5 N–H and O–H groups in total. The molecule has 0 aromatic rings. The van der Waals surface area contributed by atoms with Gasteiger partial charge < -0.3 is 64.2 Å². The fourth-order valence-electron chi connectivity index (χ4n) is 4.90. The fraction of sp³-hybridized carbons (Fsp3) is 0.855. The molecule has 0 atom stereocenters.